The van der Waals surface area contributed by atoms with E-state index in [9.17, 15) is 9.46 Å². The highest BCUT2D eigenvalue weighted by Crippen LogP contribution is 2.41. The van der Waals surface area contributed by atoms with Gasteiger partial charge >= 0.3 is 7.60 Å². The molecule has 4 N–H and O–H groups in total. The third kappa shape index (κ3) is 6.81. The fraction of sp³-hybridized carbons (Fsp3) is 0.278. The Morgan fingerprint density at radius 1 is 1.08 bits per heavy atom. The predicted molar refractivity (Wildman–Crippen MR) is 107 cm³/mol. The van der Waals surface area contributed by atoms with Gasteiger partial charge in [0.05, 0.1) is 12.8 Å². The second kappa shape index (κ2) is 10.3. The summed E-state index contributed by atoms with van der Waals surface area (Å²) in [6.45, 7) is 0.483. The summed E-state index contributed by atoms with van der Waals surface area (Å²) < 4.78 is 21.5. The Balaban J connectivity index is 0.00000338. The molecule has 0 bridgehead atoms. The minimum Gasteiger partial charge on any atom is -0.494 e. The van der Waals surface area contributed by atoms with Crippen LogP contribution >= 0.6 is 20.0 Å². The molecule has 2 aromatic rings. The Morgan fingerprint density at radius 3 is 2.12 bits per heavy atom. The summed E-state index contributed by atoms with van der Waals surface area (Å²) in [4.78, 5) is 9.30. The van der Waals surface area contributed by atoms with Crippen LogP contribution in [0.5, 0.6) is 5.75 Å². The SMILES string of the molecule is COP(=O)(O)CCCCOc1ccc(-c2ccc(C(=N)N)cc2)cc1.Cl. The molecule has 0 heterocycles. The summed E-state index contributed by atoms with van der Waals surface area (Å²) >= 11 is 0. The van der Waals surface area contributed by atoms with Gasteiger partial charge in [-0.15, -0.1) is 12.4 Å². The van der Waals surface area contributed by atoms with Crippen LogP contribution in [0.25, 0.3) is 11.1 Å². The van der Waals surface area contributed by atoms with E-state index in [1.54, 1.807) is 0 Å². The van der Waals surface area contributed by atoms with Crippen LogP contribution in [-0.4, -0.2) is 30.6 Å². The summed E-state index contributed by atoms with van der Waals surface area (Å²) in [6, 6.07) is 15.2. The molecule has 2 rings (SSSR count). The molecule has 1 atom stereocenters. The first-order valence-electron chi connectivity index (χ1n) is 7.96. The van der Waals surface area contributed by atoms with Crippen LogP contribution in [-0.2, 0) is 9.09 Å². The van der Waals surface area contributed by atoms with Crippen LogP contribution < -0.4 is 10.5 Å². The lowest BCUT2D eigenvalue weighted by molar-refractivity contribution is 0.298. The maximum Gasteiger partial charge on any atom is 0.327 e. The van der Waals surface area contributed by atoms with Crippen molar-refractivity contribution in [3.63, 3.8) is 0 Å². The first-order chi connectivity index (χ1) is 11.9. The van der Waals surface area contributed by atoms with E-state index >= 15 is 0 Å². The van der Waals surface area contributed by atoms with Gasteiger partial charge in [0.25, 0.3) is 0 Å². The number of amidine groups is 1. The molecule has 0 saturated heterocycles. The van der Waals surface area contributed by atoms with E-state index in [2.05, 4.69) is 4.52 Å². The Kier molecular flexibility index (Phi) is 8.82. The van der Waals surface area contributed by atoms with Crippen molar-refractivity contribution in [1.29, 1.82) is 5.41 Å². The van der Waals surface area contributed by atoms with Crippen LogP contribution in [0.1, 0.15) is 18.4 Å². The zero-order valence-electron chi connectivity index (χ0n) is 14.6. The van der Waals surface area contributed by atoms with Crippen molar-refractivity contribution in [1.82, 2.24) is 0 Å². The lowest BCUT2D eigenvalue weighted by atomic mass is 10.0. The molecular formula is C18H24ClN2O4P. The number of nitrogens with two attached hydrogens (primary N) is 1. The molecular weight excluding hydrogens is 375 g/mol. The van der Waals surface area contributed by atoms with Gasteiger partial charge in [0.1, 0.15) is 11.6 Å². The second-order valence-electron chi connectivity index (χ2n) is 5.61. The molecule has 26 heavy (non-hydrogen) atoms. The van der Waals surface area contributed by atoms with Gasteiger partial charge in [0.2, 0.25) is 0 Å². The van der Waals surface area contributed by atoms with Gasteiger partial charge in [-0.2, -0.15) is 0 Å². The van der Waals surface area contributed by atoms with E-state index < -0.39 is 7.60 Å². The molecule has 0 amide bonds. The lowest BCUT2D eigenvalue weighted by Gasteiger charge is -2.10. The smallest absolute Gasteiger partial charge is 0.327 e. The average molecular weight is 399 g/mol. The molecule has 0 saturated carbocycles. The number of benzene rings is 2. The summed E-state index contributed by atoms with van der Waals surface area (Å²) in [5.41, 5.74) is 8.23. The maximum absolute atomic E-state index is 11.3. The highest BCUT2D eigenvalue weighted by atomic mass is 35.5. The number of hydrogen-bond acceptors (Lipinski definition) is 4. The van der Waals surface area contributed by atoms with E-state index in [0.717, 1.165) is 16.9 Å². The van der Waals surface area contributed by atoms with E-state index in [-0.39, 0.29) is 24.4 Å². The van der Waals surface area contributed by atoms with E-state index in [4.69, 9.17) is 15.9 Å². The van der Waals surface area contributed by atoms with Crippen molar-refractivity contribution >= 4 is 25.8 Å². The Bertz CT molecular complexity index is 751. The number of ether oxygens (including phenoxy) is 1. The molecule has 0 aliphatic carbocycles. The summed E-state index contributed by atoms with van der Waals surface area (Å²) in [5.74, 6) is 0.807. The number of rotatable bonds is 9. The van der Waals surface area contributed by atoms with Crippen LogP contribution in [0, 0.1) is 5.41 Å². The van der Waals surface area contributed by atoms with Crippen molar-refractivity contribution in [2.24, 2.45) is 5.73 Å². The number of halogens is 1. The zero-order valence-corrected chi connectivity index (χ0v) is 16.3. The Morgan fingerprint density at radius 2 is 1.62 bits per heavy atom. The molecule has 2 aromatic carbocycles. The van der Waals surface area contributed by atoms with Gasteiger partial charge in [-0.25, -0.2) is 0 Å². The minimum atomic E-state index is -3.41. The molecule has 0 fully saturated rings. The van der Waals surface area contributed by atoms with Gasteiger partial charge in [-0.3, -0.25) is 9.97 Å². The second-order valence-corrected chi connectivity index (χ2v) is 7.70. The fourth-order valence-corrected chi connectivity index (χ4v) is 3.09. The van der Waals surface area contributed by atoms with Crippen molar-refractivity contribution in [2.45, 2.75) is 12.8 Å². The molecule has 6 nitrogen and oxygen atoms in total. The maximum atomic E-state index is 11.3. The molecule has 8 heteroatoms. The summed E-state index contributed by atoms with van der Waals surface area (Å²) in [7, 11) is -2.17. The summed E-state index contributed by atoms with van der Waals surface area (Å²) in [5, 5.41) is 7.40. The Labute approximate surface area is 159 Å². The average Bonchev–Trinajstić information content (AvgIpc) is 2.62. The Hall–Kier alpha value is -1.85. The number of nitrogens with one attached hydrogen (secondary N) is 1. The molecule has 0 radical (unpaired) electrons. The van der Waals surface area contributed by atoms with Gasteiger partial charge < -0.3 is 19.9 Å². The van der Waals surface area contributed by atoms with Crippen molar-refractivity contribution in [3.8, 4) is 16.9 Å². The van der Waals surface area contributed by atoms with Crippen molar-refractivity contribution in [3.05, 3.63) is 54.1 Å². The third-order valence-corrected chi connectivity index (χ3v) is 5.22. The molecule has 0 spiro atoms. The van der Waals surface area contributed by atoms with Crippen LogP contribution in [0.2, 0.25) is 0 Å². The van der Waals surface area contributed by atoms with Gasteiger partial charge in [-0.1, -0.05) is 36.4 Å². The van der Waals surface area contributed by atoms with E-state index in [1.807, 2.05) is 48.5 Å². The monoisotopic (exact) mass is 398 g/mol. The normalized spacial score (nSPS) is 12.7. The predicted octanol–water partition coefficient (Wildman–Crippen LogP) is 4.05. The van der Waals surface area contributed by atoms with Crippen LogP contribution in [0.15, 0.2) is 48.5 Å². The van der Waals surface area contributed by atoms with Gasteiger partial charge in [-0.05, 0) is 36.1 Å². The third-order valence-electron chi connectivity index (χ3n) is 3.77. The lowest BCUT2D eigenvalue weighted by Crippen LogP contribution is -2.10. The minimum absolute atomic E-state index is 0. The standard InChI is InChI=1S/C18H23N2O4P.ClH/c1-23-25(21,22)13-3-2-12-24-17-10-8-15(9-11-17)14-4-6-16(7-5-14)18(19)20;/h4-11H,2-3,12-13H2,1H3,(H3,19,20)(H,21,22);1H. The fourth-order valence-electron chi connectivity index (χ4n) is 2.28. The quantitative estimate of drug-likeness (QED) is 0.256. The number of nitrogen functional groups attached to an aromatic ring is 1. The first-order valence-corrected chi connectivity index (χ1v) is 9.73. The van der Waals surface area contributed by atoms with Gasteiger partial charge in [0.15, 0.2) is 0 Å². The van der Waals surface area contributed by atoms with E-state index in [1.165, 1.54) is 7.11 Å². The molecule has 0 aliphatic rings. The van der Waals surface area contributed by atoms with Crippen molar-refractivity contribution in [2.75, 3.05) is 19.9 Å². The zero-order chi connectivity index (χ0) is 18.3. The number of hydrogen-bond donors (Lipinski definition) is 3. The van der Waals surface area contributed by atoms with Gasteiger partial charge in [0, 0.05) is 12.7 Å². The van der Waals surface area contributed by atoms with Crippen molar-refractivity contribution < 1.29 is 18.7 Å². The summed E-state index contributed by atoms with van der Waals surface area (Å²) in [6.07, 6.45) is 1.40. The van der Waals surface area contributed by atoms with Crippen LogP contribution in [0.4, 0.5) is 0 Å². The molecule has 0 aromatic heterocycles. The first kappa shape index (κ1) is 22.2. The topological polar surface area (TPSA) is 106 Å². The number of unbranched alkanes of at least 4 members (excludes halogenated alkanes) is 1. The van der Waals surface area contributed by atoms with E-state index in [0.29, 0.717) is 25.0 Å². The highest BCUT2D eigenvalue weighted by molar-refractivity contribution is 7.52. The van der Waals surface area contributed by atoms with Crippen LogP contribution in [0.3, 0.4) is 0 Å². The molecule has 0 aliphatic heterocycles. The largest absolute Gasteiger partial charge is 0.494 e. The molecule has 1 unspecified atom stereocenters. The highest BCUT2D eigenvalue weighted by Gasteiger charge is 2.15. The molecule has 142 valence electrons.